The standard InChI is InChI=1S/C11H6Br2O/c12-9-1-2-10-8(5-9)3-7(6-14)4-11(10)13/h1-6H. The Hall–Kier alpha value is -0.670. The van der Waals surface area contributed by atoms with Crippen molar-refractivity contribution in [2.45, 2.75) is 0 Å². The van der Waals surface area contributed by atoms with Gasteiger partial charge in [0.2, 0.25) is 0 Å². The maximum Gasteiger partial charge on any atom is 0.150 e. The monoisotopic (exact) mass is 312 g/mol. The molecular weight excluding hydrogens is 308 g/mol. The quantitative estimate of drug-likeness (QED) is 0.722. The van der Waals surface area contributed by atoms with Gasteiger partial charge >= 0.3 is 0 Å². The Morgan fingerprint density at radius 1 is 1.07 bits per heavy atom. The molecule has 0 aliphatic heterocycles. The van der Waals surface area contributed by atoms with Crippen molar-refractivity contribution >= 4 is 48.9 Å². The number of halogens is 2. The van der Waals surface area contributed by atoms with Gasteiger partial charge < -0.3 is 0 Å². The Morgan fingerprint density at radius 3 is 2.57 bits per heavy atom. The molecular formula is C11H6Br2O. The van der Waals surface area contributed by atoms with E-state index in [-0.39, 0.29) is 0 Å². The molecule has 0 radical (unpaired) electrons. The van der Waals surface area contributed by atoms with Crippen LogP contribution in [0, 0.1) is 0 Å². The van der Waals surface area contributed by atoms with Gasteiger partial charge in [0.05, 0.1) is 0 Å². The van der Waals surface area contributed by atoms with Gasteiger partial charge in [-0.15, -0.1) is 0 Å². The van der Waals surface area contributed by atoms with Crippen molar-refractivity contribution in [1.82, 2.24) is 0 Å². The van der Waals surface area contributed by atoms with Crippen LogP contribution >= 0.6 is 31.9 Å². The van der Waals surface area contributed by atoms with E-state index >= 15 is 0 Å². The van der Waals surface area contributed by atoms with Crippen LogP contribution in [0.5, 0.6) is 0 Å². The first-order valence-corrected chi connectivity index (χ1v) is 5.63. The molecule has 0 bridgehead atoms. The lowest BCUT2D eigenvalue weighted by Crippen LogP contribution is -1.82. The predicted octanol–water partition coefficient (Wildman–Crippen LogP) is 4.18. The van der Waals surface area contributed by atoms with Gasteiger partial charge in [0, 0.05) is 14.5 Å². The van der Waals surface area contributed by atoms with Crippen LogP contribution in [-0.4, -0.2) is 6.29 Å². The molecule has 0 saturated heterocycles. The SMILES string of the molecule is O=Cc1cc(Br)c2ccc(Br)cc2c1. The van der Waals surface area contributed by atoms with E-state index in [1.165, 1.54) is 0 Å². The van der Waals surface area contributed by atoms with E-state index in [4.69, 9.17) is 0 Å². The van der Waals surface area contributed by atoms with Gasteiger partial charge in [-0.1, -0.05) is 37.9 Å². The molecule has 3 heteroatoms. The normalized spacial score (nSPS) is 10.4. The lowest BCUT2D eigenvalue weighted by Gasteiger charge is -2.02. The van der Waals surface area contributed by atoms with Gasteiger partial charge in [0.1, 0.15) is 6.29 Å². The van der Waals surface area contributed by atoms with Crippen LogP contribution in [0.2, 0.25) is 0 Å². The summed E-state index contributed by atoms with van der Waals surface area (Å²) < 4.78 is 1.96. The van der Waals surface area contributed by atoms with Gasteiger partial charge in [-0.05, 0) is 35.0 Å². The minimum Gasteiger partial charge on any atom is -0.298 e. The second kappa shape index (κ2) is 3.83. The lowest BCUT2D eigenvalue weighted by molar-refractivity contribution is 0.112. The van der Waals surface area contributed by atoms with Gasteiger partial charge in [-0.2, -0.15) is 0 Å². The fourth-order valence-corrected chi connectivity index (χ4v) is 2.39. The summed E-state index contributed by atoms with van der Waals surface area (Å²) in [6.45, 7) is 0. The van der Waals surface area contributed by atoms with Crippen molar-refractivity contribution in [3.63, 3.8) is 0 Å². The van der Waals surface area contributed by atoms with Crippen LogP contribution < -0.4 is 0 Å². The Kier molecular flexibility index (Phi) is 2.70. The molecule has 2 aromatic rings. The maximum atomic E-state index is 10.7. The second-order valence-corrected chi connectivity index (χ2v) is 4.76. The lowest BCUT2D eigenvalue weighted by atomic mass is 10.1. The molecule has 0 spiro atoms. The highest BCUT2D eigenvalue weighted by Crippen LogP contribution is 2.27. The highest BCUT2D eigenvalue weighted by Gasteiger charge is 2.01. The summed E-state index contributed by atoms with van der Waals surface area (Å²) in [5.41, 5.74) is 0.683. The molecule has 0 fully saturated rings. The van der Waals surface area contributed by atoms with Gasteiger partial charge in [-0.3, -0.25) is 4.79 Å². The summed E-state index contributed by atoms with van der Waals surface area (Å²) in [7, 11) is 0. The van der Waals surface area contributed by atoms with E-state index in [9.17, 15) is 4.79 Å². The minimum atomic E-state index is 0.683. The van der Waals surface area contributed by atoms with E-state index in [0.29, 0.717) is 5.56 Å². The first kappa shape index (κ1) is 9.87. The first-order valence-electron chi connectivity index (χ1n) is 4.05. The van der Waals surface area contributed by atoms with Crippen LogP contribution in [0.1, 0.15) is 10.4 Å². The largest absolute Gasteiger partial charge is 0.298 e. The number of carbonyl (C=O) groups is 1. The molecule has 2 aromatic carbocycles. The van der Waals surface area contributed by atoms with Crippen LogP contribution in [-0.2, 0) is 0 Å². The molecule has 0 aromatic heterocycles. The molecule has 14 heavy (non-hydrogen) atoms. The van der Waals surface area contributed by atoms with Gasteiger partial charge in [0.25, 0.3) is 0 Å². The van der Waals surface area contributed by atoms with Crippen molar-refractivity contribution in [1.29, 1.82) is 0 Å². The third-order valence-electron chi connectivity index (χ3n) is 2.02. The Balaban J connectivity index is 2.83. The fraction of sp³-hybridized carbons (Fsp3) is 0. The maximum absolute atomic E-state index is 10.7. The fourth-order valence-electron chi connectivity index (χ4n) is 1.38. The summed E-state index contributed by atoms with van der Waals surface area (Å²) in [4.78, 5) is 10.7. The van der Waals surface area contributed by atoms with Gasteiger partial charge in [0.15, 0.2) is 0 Å². The molecule has 0 aliphatic rings. The van der Waals surface area contributed by atoms with E-state index in [1.54, 1.807) is 0 Å². The van der Waals surface area contributed by atoms with E-state index in [1.807, 2.05) is 30.3 Å². The third kappa shape index (κ3) is 1.74. The Labute approximate surface area is 98.4 Å². The molecule has 0 amide bonds. The molecule has 0 heterocycles. The number of fused-ring (bicyclic) bond motifs is 1. The molecule has 2 rings (SSSR count). The van der Waals surface area contributed by atoms with Crippen molar-refractivity contribution in [3.8, 4) is 0 Å². The summed E-state index contributed by atoms with van der Waals surface area (Å²) in [6.07, 6.45) is 0.852. The number of carbonyl (C=O) groups excluding carboxylic acids is 1. The Bertz CT molecular complexity index is 506. The van der Waals surface area contributed by atoms with Crippen molar-refractivity contribution in [2.75, 3.05) is 0 Å². The average molecular weight is 314 g/mol. The molecule has 0 saturated carbocycles. The summed E-state index contributed by atoms with van der Waals surface area (Å²) in [5, 5.41) is 2.16. The zero-order valence-electron chi connectivity index (χ0n) is 7.13. The van der Waals surface area contributed by atoms with Crippen molar-refractivity contribution < 1.29 is 4.79 Å². The first-order chi connectivity index (χ1) is 6.70. The number of benzene rings is 2. The highest BCUT2D eigenvalue weighted by molar-refractivity contribution is 9.11. The van der Waals surface area contributed by atoms with Gasteiger partial charge in [-0.25, -0.2) is 0 Å². The van der Waals surface area contributed by atoms with E-state index in [2.05, 4.69) is 31.9 Å². The summed E-state index contributed by atoms with van der Waals surface area (Å²) >= 11 is 6.84. The smallest absolute Gasteiger partial charge is 0.150 e. The zero-order chi connectivity index (χ0) is 10.1. The summed E-state index contributed by atoms with van der Waals surface area (Å²) in [6, 6.07) is 9.68. The van der Waals surface area contributed by atoms with E-state index < -0.39 is 0 Å². The highest BCUT2D eigenvalue weighted by atomic mass is 79.9. The molecule has 0 N–H and O–H groups in total. The number of hydrogen-bond donors (Lipinski definition) is 0. The number of hydrogen-bond acceptors (Lipinski definition) is 1. The van der Waals surface area contributed by atoms with E-state index in [0.717, 1.165) is 26.0 Å². The van der Waals surface area contributed by atoms with Crippen LogP contribution in [0.15, 0.2) is 39.3 Å². The number of aldehydes is 1. The zero-order valence-corrected chi connectivity index (χ0v) is 10.3. The molecule has 0 atom stereocenters. The number of rotatable bonds is 1. The molecule has 1 nitrogen and oxygen atoms in total. The molecule has 70 valence electrons. The topological polar surface area (TPSA) is 17.1 Å². The van der Waals surface area contributed by atoms with Crippen molar-refractivity contribution in [2.24, 2.45) is 0 Å². The third-order valence-corrected chi connectivity index (χ3v) is 3.17. The predicted molar refractivity (Wildman–Crippen MR) is 64.7 cm³/mol. The minimum absolute atomic E-state index is 0.683. The average Bonchev–Trinajstić information content (AvgIpc) is 2.16. The second-order valence-electron chi connectivity index (χ2n) is 2.99. The van der Waals surface area contributed by atoms with Crippen LogP contribution in [0.3, 0.4) is 0 Å². The summed E-state index contributed by atoms with van der Waals surface area (Å²) in [5.74, 6) is 0. The van der Waals surface area contributed by atoms with Crippen molar-refractivity contribution in [3.05, 3.63) is 44.8 Å². The van der Waals surface area contributed by atoms with Crippen LogP contribution in [0.25, 0.3) is 10.8 Å². The van der Waals surface area contributed by atoms with Crippen LogP contribution in [0.4, 0.5) is 0 Å². The molecule has 0 unspecified atom stereocenters. The Morgan fingerprint density at radius 2 is 1.86 bits per heavy atom. The molecule has 0 aliphatic carbocycles.